The van der Waals surface area contributed by atoms with Gasteiger partial charge in [0, 0.05) is 18.4 Å². The fourth-order valence-corrected chi connectivity index (χ4v) is 4.91. The predicted octanol–water partition coefficient (Wildman–Crippen LogP) is 7.37. The highest BCUT2D eigenvalue weighted by molar-refractivity contribution is 8.76. The van der Waals surface area contributed by atoms with E-state index in [0.29, 0.717) is 6.42 Å². The highest BCUT2D eigenvalue weighted by Crippen LogP contribution is 2.29. The van der Waals surface area contributed by atoms with Crippen LogP contribution >= 0.6 is 21.6 Å². The Kier molecular flexibility index (Phi) is 15.9. The molecule has 0 saturated carbocycles. The maximum absolute atomic E-state index is 10.4. The number of pyridine rings is 1. The van der Waals surface area contributed by atoms with Crippen LogP contribution in [0.4, 0.5) is 0 Å². The van der Waals surface area contributed by atoms with Crippen LogP contribution in [0.3, 0.4) is 0 Å². The van der Waals surface area contributed by atoms with Gasteiger partial charge in [-0.15, -0.1) is 0 Å². The molecule has 0 atom stereocenters. The van der Waals surface area contributed by atoms with E-state index < -0.39 is 5.97 Å². The number of rotatable bonds is 18. The van der Waals surface area contributed by atoms with Crippen molar-refractivity contribution >= 4 is 27.6 Å². The van der Waals surface area contributed by atoms with E-state index in [1.807, 2.05) is 29.1 Å². The number of carboxylic acids is 1. The molecule has 1 aromatic heterocycles. The summed E-state index contributed by atoms with van der Waals surface area (Å²) in [4.78, 5) is 14.7. The van der Waals surface area contributed by atoms with Crippen molar-refractivity contribution in [3.63, 3.8) is 0 Å². The van der Waals surface area contributed by atoms with Crippen LogP contribution in [0.2, 0.25) is 0 Å². The first-order valence-electron chi connectivity index (χ1n) is 10.2. The van der Waals surface area contributed by atoms with Crippen LogP contribution in [0, 0.1) is 0 Å². The molecule has 3 nitrogen and oxygen atoms in total. The van der Waals surface area contributed by atoms with Crippen LogP contribution in [-0.4, -0.2) is 21.8 Å². The lowest BCUT2D eigenvalue weighted by molar-refractivity contribution is -0.137. The summed E-state index contributed by atoms with van der Waals surface area (Å²) in [6.45, 7) is 0. The van der Waals surface area contributed by atoms with Crippen molar-refractivity contribution in [3.05, 3.63) is 24.4 Å². The molecule has 0 bridgehead atoms. The van der Waals surface area contributed by atoms with Crippen LogP contribution in [0.1, 0.15) is 89.9 Å². The van der Waals surface area contributed by atoms with Gasteiger partial charge in [-0.25, -0.2) is 4.98 Å². The van der Waals surface area contributed by atoms with Gasteiger partial charge in [-0.05, 0) is 35.8 Å². The third-order valence-electron chi connectivity index (χ3n) is 4.40. The summed E-state index contributed by atoms with van der Waals surface area (Å²) in [6.07, 6.45) is 18.8. The molecule has 5 heteroatoms. The van der Waals surface area contributed by atoms with E-state index in [4.69, 9.17) is 5.11 Å². The highest BCUT2D eigenvalue weighted by Gasteiger charge is 1.98. The van der Waals surface area contributed by atoms with Gasteiger partial charge >= 0.3 is 5.97 Å². The van der Waals surface area contributed by atoms with Gasteiger partial charge in [0.25, 0.3) is 0 Å². The third kappa shape index (κ3) is 15.6. The Labute approximate surface area is 167 Å². The van der Waals surface area contributed by atoms with E-state index in [-0.39, 0.29) is 0 Å². The van der Waals surface area contributed by atoms with Crippen molar-refractivity contribution in [1.82, 2.24) is 4.98 Å². The standard InChI is InChI=1S/C21H35NO2S2/c23-21(24)17-12-10-8-6-4-2-1-3-5-7-9-11-15-19-25-26-20-16-13-14-18-22-20/h13-14,16,18H,1-12,15,17,19H2,(H,23,24). The lowest BCUT2D eigenvalue weighted by atomic mass is 10.0. The zero-order valence-corrected chi connectivity index (χ0v) is 17.7. The van der Waals surface area contributed by atoms with Gasteiger partial charge < -0.3 is 5.11 Å². The molecule has 1 heterocycles. The minimum absolute atomic E-state index is 0.335. The van der Waals surface area contributed by atoms with Gasteiger partial charge in [-0.1, -0.05) is 87.5 Å². The highest BCUT2D eigenvalue weighted by atomic mass is 33.1. The first-order valence-corrected chi connectivity index (χ1v) is 12.5. The molecule has 0 aliphatic carbocycles. The first kappa shape index (κ1) is 23.4. The molecule has 1 rings (SSSR count). The van der Waals surface area contributed by atoms with Crippen molar-refractivity contribution in [2.45, 2.75) is 94.9 Å². The average Bonchev–Trinajstić information content (AvgIpc) is 2.65. The van der Waals surface area contributed by atoms with Gasteiger partial charge in [-0.3, -0.25) is 4.79 Å². The molecule has 0 amide bonds. The topological polar surface area (TPSA) is 50.2 Å². The monoisotopic (exact) mass is 397 g/mol. The fourth-order valence-electron chi connectivity index (χ4n) is 2.88. The summed E-state index contributed by atoms with van der Waals surface area (Å²) >= 11 is 0. The van der Waals surface area contributed by atoms with Gasteiger partial charge in [0.1, 0.15) is 5.03 Å². The van der Waals surface area contributed by atoms with E-state index in [0.717, 1.165) is 17.9 Å². The summed E-state index contributed by atoms with van der Waals surface area (Å²) in [7, 11) is 3.70. The molecule has 148 valence electrons. The molecule has 0 aliphatic rings. The number of carboxylic acid groups (broad SMARTS) is 1. The Morgan fingerprint density at radius 2 is 1.35 bits per heavy atom. The van der Waals surface area contributed by atoms with Gasteiger partial charge in [0.05, 0.1) is 0 Å². The Bertz CT molecular complexity index is 443. The second kappa shape index (κ2) is 17.7. The number of hydrogen-bond acceptors (Lipinski definition) is 4. The Hall–Kier alpha value is -0.680. The Morgan fingerprint density at radius 3 is 1.85 bits per heavy atom. The average molecular weight is 398 g/mol. The normalized spacial score (nSPS) is 10.9. The number of aromatic nitrogens is 1. The number of carbonyl (C=O) groups is 1. The van der Waals surface area contributed by atoms with Crippen molar-refractivity contribution in [3.8, 4) is 0 Å². The molecular formula is C21H35NO2S2. The smallest absolute Gasteiger partial charge is 0.303 e. The zero-order valence-electron chi connectivity index (χ0n) is 16.0. The lowest BCUT2D eigenvalue weighted by Crippen LogP contribution is -1.93. The molecule has 0 radical (unpaired) electrons. The van der Waals surface area contributed by atoms with Crippen LogP contribution in [0.5, 0.6) is 0 Å². The van der Waals surface area contributed by atoms with E-state index in [9.17, 15) is 4.79 Å². The summed E-state index contributed by atoms with van der Waals surface area (Å²) in [6, 6.07) is 6.06. The first-order chi connectivity index (χ1) is 12.8. The van der Waals surface area contributed by atoms with Crippen LogP contribution < -0.4 is 0 Å². The predicted molar refractivity (Wildman–Crippen MR) is 115 cm³/mol. The molecule has 0 unspecified atom stereocenters. The Morgan fingerprint density at radius 1 is 0.808 bits per heavy atom. The van der Waals surface area contributed by atoms with Crippen molar-refractivity contribution in [2.75, 3.05) is 5.75 Å². The van der Waals surface area contributed by atoms with Gasteiger partial charge in [0.15, 0.2) is 0 Å². The molecule has 26 heavy (non-hydrogen) atoms. The van der Waals surface area contributed by atoms with Crippen molar-refractivity contribution in [2.24, 2.45) is 0 Å². The van der Waals surface area contributed by atoms with Crippen LogP contribution in [0.25, 0.3) is 0 Å². The largest absolute Gasteiger partial charge is 0.481 e. The van der Waals surface area contributed by atoms with Crippen LogP contribution in [-0.2, 0) is 4.79 Å². The SMILES string of the molecule is O=C(O)CCCCCCCCCCCCCCCSSc1ccccn1. The summed E-state index contributed by atoms with van der Waals surface area (Å²) in [5.41, 5.74) is 0. The number of aliphatic carboxylic acids is 1. The quantitative estimate of drug-likeness (QED) is 0.207. The molecule has 0 aromatic carbocycles. The van der Waals surface area contributed by atoms with E-state index in [1.54, 1.807) is 10.8 Å². The van der Waals surface area contributed by atoms with E-state index in [1.165, 1.54) is 76.4 Å². The number of unbranched alkanes of at least 4 members (excludes halogenated alkanes) is 12. The number of nitrogens with zero attached hydrogens (tertiary/aromatic N) is 1. The minimum atomic E-state index is -0.660. The number of hydrogen-bond donors (Lipinski definition) is 1. The molecule has 0 saturated heterocycles. The maximum atomic E-state index is 10.4. The second-order valence-corrected chi connectivity index (χ2v) is 9.25. The zero-order chi connectivity index (χ0) is 18.7. The summed E-state index contributed by atoms with van der Waals surface area (Å²) in [5, 5.41) is 9.68. The second-order valence-electron chi connectivity index (χ2n) is 6.81. The van der Waals surface area contributed by atoms with Crippen LogP contribution in [0.15, 0.2) is 29.4 Å². The van der Waals surface area contributed by atoms with Gasteiger partial charge in [-0.2, -0.15) is 0 Å². The van der Waals surface area contributed by atoms with Crippen molar-refractivity contribution < 1.29 is 9.90 Å². The van der Waals surface area contributed by atoms with Gasteiger partial charge in [0.2, 0.25) is 0 Å². The maximum Gasteiger partial charge on any atom is 0.303 e. The van der Waals surface area contributed by atoms with E-state index >= 15 is 0 Å². The molecular weight excluding hydrogens is 362 g/mol. The Balaban J connectivity index is 1.70. The third-order valence-corrected chi connectivity index (χ3v) is 6.75. The summed E-state index contributed by atoms with van der Waals surface area (Å²) < 4.78 is 0. The molecule has 1 N–H and O–H groups in total. The molecule has 1 aromatic rings. The van der Waals surface area contributed by atoms with E-state index in [2.05, 4.69) is 11.1 Å². The fraction of sp³-hybridized carbons (Fsp3) is 0.714. The molecule has 0 aliphatic heterocycles. The van der Waals surface area contributed by atoms with Crippen molar-refractivity contribution in [1.29, 1.82) is 0 Å². The minimum Gasteiger partial charge on any atom is -0.481 e. The molecule has 0 spiro atoms. The molecule has 0 fully saturated rings. The summed E-state index contributed by atoms with van der Waals surface area (Å²) in [5.74, 6) is 0.556. The lowest BCUT2D eigenvalue weighted by Gasteiger charge is -2.03.